The van der Waals surface area contributed by atoms with Crippen molar-refractivity contribution in [1.82, 2.24) is 13.6 Å². The molecule has 0 saturated carbocycles. The number of hydrogen-bond donors (Lipinski definition) is 1. The average Bonchev–Trinajstić information content (AvgIpc) is 3.26. The average molecular weight is 674 g/mol. The highest BCUT2D eigenvalue weighted by molar-refractivity contribution is 7.90. The zero-order valence-corrected chi connectivity index (χ0v) is 28.0. The summed E-state index contributed by atoms with van der Waals surface area (Å²) in [7, 11) is -8.31. The van der Waals surface area contributed by atoms with Crippen LogP contribution < -0.4 is 9.46 Å². The summed E-state index contributed by atoms with van der Waals surface area (Å²) in [5.41, 5.74) is 4.96. The van der Waals surface area contributed by atoms with Gasteiger partial charge in [-0.2, -0.15) is 4.31 Å². The van der Waals surface area contributed by atoms with Crippen molar-refractivity contribution in [2.24, 2.45) is 0 Å². The summed E-state index contributed by atoms with van der Waals surface area (Å²) >= 11 is 6.27. The molecule has 2 heterocycles. The van der Waals surface area contributed by atoms with Crippen molar-refractivity contribution in [3.8, 4) is 5.75 Å². The molecule has 1 aliphatic rings. The Bertz CT molecular complexity index is 1960. The molecule has 3 aromatic carbocycles. The van der Waals surface area contributed by atoms with E-state index in [9.17, 15) is 21.6 Å². The van der Waals surface area contributed by atoms with Gasteiger partial charge >= 0.3 is 0 Å². The maximum Gasteiger partial charge on any atom is 0.265 e. The monoisotopic (exact) mass is 673 g/mol. The Balaban J connectivity index is 1.32. The molecule has 0 atom stereocenters. The molecule has 1 saturated heterocycles. The van der Waals surface area contributed by atoms with E-state index in [2.05, 4.69) is 9.29 Å². The number of hydrogen-bond acceptors (Lipinski definition) is 7. The van der Waals surface area contributed by atoms with Crippen LogP contribution in [0.1, 0.15) is 39.2 Å². The topological polar surface area (TPSA) is 124 Å². The molecule has 1 aliphatic heterocycles. The number of aromatic nitrogens is 1. The summed E-state index contributed by atoms with van der Waals surface area (Å²) < 4.78 is 69.3. The van der Waals surface area contributed by atoms with Crippen LogP contribution in [-0.2, 0) is 31.3 Å². The minimum atomic E-state index is -4.38. The number of nitrogens with zero attached hydrogens (tertiary/aromatic N) is 2. The van der Waals surface area contributed by atoms with Crippen LogP contribution in [-0.4, -0.2) is 64.5 Å². The maximum atomic E-state index is 13.2. The molecule has 4 aromatic rings. The van der Waals surface area contributed by atoms with Crippen molar-refractivity contribution >= 4 is 48.5 Å². The van der Waals surface area contributed by atoms with E-state index in [-0.39, 0.29) is 41.7 Å². The van der Waals surface area contributed by atoms with Gasteiger partial charge in [-0.25, -0.2) is 21.6 Å². The molecule has 1 N–H and O–H groups in total. The highest BCUT2D eigenvalue weighted by Crippen LogP contribution is 2.28. The van der Waals surface area contributed by atoms with Crippen LogP contribution in [0.4, 0.5) is 0 Å². The number of amides is 1. The van der Waals surface area contributed by atoms with E-state index in [1.165, 1.54) is 22.5 Å². The molecule has 0 aliphatic carbocycles. The van der Waals surface area contributed by atoms with E-state index in [4.69, 9.17) is 21.1 Å². The van der Waals surface area contributed by atoms with Gasteiger partial charge in [0, 0.05) is 46.8 Å². The second kappa shape index (κ2) is 13.1. The lowest BCUT2D eigenvalue weighted by Gasteiger charge is -2.26. The number of nitrogens with one attached hydrogen (secondary N) is 1. The van der Waals surface area contributed by atoms with Crippen LogP contribution in [0, 0.1) is 27.7 Å². The van der Waals surface area contributed by atoms with Crippen molar-refractivity contribution in [3.63, 3.8) is 0 Å². The molecular formula is C32H36ClN3O7S2. The lowest BCUT2D eigenvalue weighted by Crippen LogP contribution is -2.40. The number of sulfonamides is 2. The van der Waals surface area contributed by atoms with Crippen molar-refractivity contribution in [1.29, 1.82) is 0 Å². The van der Waals surface area contributed by atoms with Gasteiger partial charge in [-0.1, -0.05) is 23.7 Å². The third-order valence-corrected chi connectivity index (χ3v) is 11.9. The Morgan fingerprint density at radius 1 is 0.933 bits per heavy atom. The van der Waals surface area contributed by atoms with Gasteiger partial charge < -0.3 is 14.0 Å². The van der Waals surface area contributed by atoms with Crippen LogP contribution in [0.2, 0.25) is 5.02 Å². The van der Waals surface area contributed by atoms with E-state index in [1.54, 1.807) is 18.2 Å². The van der Waals surface area contributed by atoms with Crippen molar-refractivity contribution in [2.75, 3.05) is 32.9 Å². The van der Waals surface area contributed by atoms with Crippen LogP contribution in [0.3, 0.4) is 0 Å². The Kier molecular flexibility index (Phi) is 9.62. The molecule has 1 aromatic heterocycles. The molecule has 13 heteroatoms. The SMILES string of the molecule is Cc1cc(OCCCn2c(C)c(C)c3ccc(C(=O)NS(=O)(=O)c4cccc(S(=O)(=O)N5CCOCC5)c4)cc32)cc(C)c1Cl. The summed E-state index contributed by atoms with van der Waals surface area (Å²) in [5.74, 6) is -0.0673. The highest BCUT2D eigenvalue weighted by Gasteiger charge is 2.28. The quantitative estimate of drug-likeness (QED) is 0.231. The molecule has 10 nitrogen and oxygen atoms in total. The smallest absolute Gasteiger partial charge is 0.265 e. The fraction of sp³-hybridized carbons (Fsp3) is 0.344. The number of rotatable bonds is 10. The number of fused-ring (bicyclic) bond motifs is 1. The second-order valence-corrected chi connectivity index (χ2v) is 15.1. The second-order valence-electron chi connectivity index (χ2n) is 11.1. The van der Waals surface area contributed by atoms with Crippen LogP contribution in [0.5, 0.6) is 5.75 Å². The summed E-state index contributed by atoms with van der Waals surface area (Å²) in [6.07, 6.45) is 0.694. The molecule has 0 radical (unpaired) electrons. The molecule has 0 spiro atoms. The molecule has 240 valence electrons. The first kappa shape index (κ1) is 33.0. The van der Waals surface area contributed by atoms with Gasteiger partial charge in [0.1, 0.15) is 5.75 Å². The van der Waals surface area contributed by atoms with E-state index in [0.29, 0.717) is 19.6 Å². The van der Waals surface area contributed by atoms with Gasteiger partial charge in [0.25, 0.3) is 15.9 Å². The number of carbonyl (C=O) groups excluding carboxylic acids is 1. The number of aryl methyl sites for hydroxylation is 4. The summed E-state index contributed by atoms with van der Waals surface area (Å²) in [6.45, 7) is 9.85. The third kappa shape index (κ3) is 6.90. The molecule has 0 unspecified atom stereocenters. The minimum absolute atomic E-state index is 0.158. The third-order valence-electron chi connectivity index (χ3n) is 8.06. The number of benzene rings is 3. The largest absolute Gasteiger partial charge is 0.494 e. The lowest BCUT2D eigenvalue weighted by molar-refractivity contribution is 0.0730. The zero-order chi connectivity index (χ0) is 32.5. The van der Waals surface area contributed by atoms with Crippen LogP contribution >= 0.6 is 11.6 Å². The normalized spacial score (nSPS) is 14.5. The van der Waals surface area contributed by atoms with E-state index < -0.39 is 26.0 Å². The first-order valence-corrected chi connectivity index (χ1v) is 17.8. The minimum Gasteiger partial charge on any atom is -0.494 e. The van der Waals surface area contributed by atoms with E-state index >= 15 is 0 Å². The van der Waals surface area contributed by atoms with Crippen molar-refractivity contribution in [3.05, 3.63) is 87.6 Å². The Morgan fingerprint density at radius 3 is 2.29 bits per heavy atom. The predicted molar refractivity (Wildman–Crippen MR) is 173 cm³/mol. The fourth-order valence-corrected chi connectivity index (χ4v) is 8.12. The molecule has 5 rings (SSSR count). The van der Waals surface area contributed by atoms with E-state index in [0.717, 1.165) is 50.1 Å². The molecule has 45 heavy (non-hydrogen) atoms. The van der Waals surface area contributed by atoms with Crippen LogP contribution in [0.15, 0.2) is 64.4 Å². The number of ether oxygens (including phenoxy) is 2. The Labute approximate surface area is 269 Å². The summed E-state index contributed by atoms with van der Waals surface area (Å²) in [4.78, 5) is 12.7. The van der Waals surface area contributed by atoms with Gasteiger partial charge in [-0.15, -0.1) is 0 Å². The molecule has 0 bridgehead atoms. The predicted octanol–water partition coefficient (Wildman–Crippen LogP) is 5.14. The number of morpholine rings is 1. The number of halogens is 1. The first-order valence-electron chi connectivity index (χ1n) is 14.5. The maximum absolute atomic E-state index is 13.2. The van der Waals surface area contributed by atoms with Gasteiger partial charge in [-0.05, 0) is 93.3 Å². The van der Waals surface area contributed by atoms with Gasteiger partial charge in [-0.3, -0.25) is 4.79 Å². The van der Waals surface area contributed by atoms with Gasteiger partial charge in [0.15, 0.2) is 0 Å². The highest BCUT2D eigenvalue weighted by atomic mass is 35.5. The summed E-state index contributed by atoms with van der Waals surface area (Å²) in [6, 6.07) is 13.9. The fourth-order valence-electron chi connectivity index (χ4n) is 5.46. The lowest BCUT2D eigenvalue weighted by atomic mass is 10.1. The molecule has 1 amide bonds. The van der Waals surface area contributed by atoms with Gasteiger partial charge in [0.2, 0.25) is 10.0 Å². The standard InChI is InChI=1S/C32H36ClN3O7S2/c1-21-17-26(18-22(2)31(21)33)43-14-6-11-36-24(4)23(3)29-10-9-25(19-30(29)36)32(37)34-44(38,39)27-7-5-8-28(20-27)45(40,41)35-12-15-42-16-13-35/h5,7-10,17-20H,6,11-16H2,1-4H3,(H,34,37). The van der Waals surface area contributed by atoms with Gasteiger partial charge in [0.05, 0.1) is 29.6 Å². The van der Waals surface area contributed by atoms with Crippen LogP contribution in [0.25, 0.3) is 10.9 Å². The zero-order valence-electron chi connectivity index (χ0n) is 25.6. The van der Waals surface area contributed by atoms with Crippen molar-refractivity contribution < 1.29 is 31.1 Å². The number of carbonyl (C=O) groups is 1. The first-order chi connectivity index (χ1) is 21.3. The summed E-state index contributed by atoms with van der Waals surface area (Å²) in [5, 5.41) is 1.68. The Hall–Kier alpha value is -3.42. The van der Waals surface area contributed by atoms with Crippen molar-refractivity contribution in [2.45, 2.75) is 50.5 Å². The Morgan fingerprint density at radius 2 is 1.60 bits per heavy atom. The van der Waals surface area contributed by atoms with E-state index in [1.807, 2.05) is 39.8 Å². The molecule has 1 fully saturated rings. The molecular weight excluding hydrogens is 638 g/mol.